The summed E-state index contributed by atoms with van der Waals surface area (Å²) in [5, 5.41) is 6.63. The fraction of sp³-hybridized carbons (Fsp3) is 0.462. The highest BCUT2D eigenvalue weighted by molar-refractivity contribution is 7.92. The van der Waals surface area contributed by atoms with Crippen molar-refractivity contribution < 1.29 is 32.3 Å². The number of hydrogen-bond donors (Lipinski definition) is 2. The third-order valence-corrected chi connectivity index (χ3v) is 9.28. The van der Waals surface area contributed by atoms with Gasteiger partial charge in [-0.1, -0.05) is 28.6 Å². The molecular formula is C26H31N5O7S2. The zero-order chi connectivity index (χ0) is 28.3. The summed E-state index contributed by atoms with van der Waals surface area (Å²) in [6.07, 6.45) is 0.814. The molecule has 2 aliphatic heterocycles. The van der Waals surface area contributed by atoms with Crippen LogP contribution in [0.5, 0.6) is 5.88 Å². The number of nitrogens with one attached hydrogen (secondary N) is 1. The molecule has 2 aliphatic rings. The summed E-state index contributed by atoms with van der Waals surface area (Å²) < 4.78 is 42.1. The second kappa shape index (κ2) is 11.7. The van der Waals surface area contributed by atoms with Crippen LogP contribution in [0.1, 0.15) is 32.3 Å². The second-order valence-corrected chi connectivity index (χ2v) is 13.5. The van der Waals surface area contributed by atoms with Gasteiger partial charge in [-0.2, -0.15) is 0 Å². The number of nitrogens with zero attached hydrogens (tertiary/aromatic N) is 3. The van der Waals surface area contributed by atoms with E-state index in [-0.39, 0.29) is 29.9 Å². The molecule has 1 aromatic carbocycles. The van der Waals surface area contributed by atoms with E-state index in [0.717, 1.165) is 0 Å². The number of fused-ring (bicyclic) bond motifs is 1. The van der Waals surface area contributed by atoms with Crippen LogP contribution in [0.2, 0.25) is 0 Å². The van der Waals surface area contributed by atoms with Crippen LogP contribution < -0.4 is 15.8 Å². The Morgan fingerprint density at radius 2 is 1.88 bits per heavy atom. The van der Waals surface area contributed by atoms with E-state index in [9.17, 15) is 13.2 Å². The van der Waals surface area contributed by atoms with Gasteiger partial charge in [-0.15, -0.1) is 0 Å². The van der Waals surface area contributed by atoms with E-state index in [2.05, 4.69) is 20.4 Å². The number of benzene rings is 1. The van der Waals surface area contributed by atoms with Gasteiger partial charge in [0, 0.05) is 30.2 Å². The van der Waals surface area contributed by atoms with Gasteiger partial charge in [0.15, 0.2) is 26.8 Å². The summed E-state index contributed by atoms with van der Waals surface area (Å²) in [6.45, 7) is 5.50. The number of rotatable bonds is 10. The molecule has 0 spiro atoms. The summed E-state index contributed by atoms with van der Waals surface area (Å²) >= 11 is 1.18. The molecule has 0 radical (unpaired) electrons. The molecule has 5 rings (SSSR count). The Hall–Kier alpha value is -3.17. The first-order valence-corrected chi connectivity index (χ1v) is 15.2. The standard InChI is InChI=1S/C26H31N5O7S2/c1-26(2,27)15-37-21-8-7-20-24(29-21)39-25(28-20)30-23(32)22(31-38-17-9-11-35-13-17)16-3-5-18(6-4-16)40(33,34)19-10-12-36-14-19/h3-8,17,19H,9-15,27H2,1-2H3,(H,28,30,32)/b31-22+/t17-,19+/m1/s1. The Bertz CT molecular complexity index is 1490. The van der Waals surface area contributed by atoms with Crippen molar-refractivity contribution in [2.24, 2.45) is 10.9 Å². The van der Waals surface area contributed by atoms with Crippen LogP contribution in [-0.4, -0.2) is 79.9 Å². The van der Waals surface area contributed by atoms with E-state index in [1.54, 1.807) is 12.1 Å². The average molecular weight is 590 g/mol. The Labute approximate surface area is 235 Å². The summed E-state index contributed by atoms with van der Waals surface area (Å²) in [7, 11) is -3.55. The van der Waals surface area contributed by atoms with Gasteiger partial charge >= 0.3 is 0 Å². The van der Waals surface area contributed by atoms with E-state index in [4.69, 9.17) is 24.8 Å². The molecule has 214 valence electrons. The molecule has 12 nitrogen and oxygen atoms in total. The zero-order valence-corrected chi connectivity index (χ0v) is 23.8. The number of anilines is 1. The Kier molecular flexibility index (Phi) is 8.33. The second-order valence-electron chi connectivity index (χ2n) is 10.3. The van der Waals surface area contributed by atoms with E-state index >= 15 is 0 Å². The van der Waals surface area contributed by atoms with Gasteiger partial charge in [-0.25, -0.2) is 18.4 Å². The number of pyridine rings is 1. The third kappa shape index (κ3) is 6.75. The number of oxime groups is 1. The molecule has 0 aliphatic carbocycles. The topological polar surface area (TPSA) is 164 Å². The predicted octanol–water partition coefficient (Wildman–Crippen LogP) is 2.52. The van der Waals surface area contributed by atoms with Crippen molar-refractivity contribution in [1.82, 2.24) is 9.97 Å². The molecule has 3 aromatic rings. The first-order chi connectivity index (χ1) is 19.1. The first-order valence-electron chi connectivity index (χ1n) is 12.8. The number of hydrogen-bond acceptors (Lipinski definition) is 12. The van der Waals surface area contributed by atoms with Crippen LogP contribution in [-0.2, 0) is 28.9 Å². The minimum absolute atomic E-state index is 0.0264. The maximum absolute atomic E-state index is 13.4. The van der Waals surface area contributed by atoms with Crippen LogP contribution in [0.25, 0.3) is 10.3 Å². The Morgan fingerprint density at radius 1 is 1.12 bits per heavy atom. The molecule has 2 atom stereocenters. The van der Waals surface area contributed by atoms with Gasteiger partial charge in [-0.3, -0.25) is 10.1 Å². The largest absolute Gasteiger partial charge is 0.476 e. The highest BCUT2D eigenvalue weighted by atomic mass is 32.2. The molecule has 0 bridgehead atoms. The number of aromatic nitrogens is 2. The molecule has 14 heteroatoms. The van der Waals surface area contributed by atoms with Gasteiger partial charge in [-0.05, 0) is 38.5 Å². The van der Waals surface area contributed by atoms with Crippen LogP contribution in [0, 0.1) is 0 Å². The molecule has 0 saturated carbocycles. The van der Waals surface area contributed by atoms with Crippen molar-refractivity contribution in [3.05, 3.63) is 42.0 Å². The molecule has 2 aromatic heterocycles. The summed E-state index contributed by atoms with van der Waals surface area (Å²) in [6, 6.07) is 9.46. The summed E-state index contributed by atoms with van der Waals surface area (Å²) in [5.74, 6) is -0.166. The number of nitrogens with two attached hydrogens (primary N) is 1. The summed E-state index contributed by atoms with van der Waals surface area (Å²) in [4.78, 5) is 28.6. The monoisotopic (exact) mass is 589 g/mol. The van der Waals surface area contributed by atoms with Crippen molar-refractivity contribution in [1.29, 1.82) is 0 Å². The SMILES string of the molecule is CC(C)(N)COc1ccc2nc(NC(=O)/C(=N/O[C@@H]3CCOC3)c3ccc(S(=O)(=O)[C@H]4CCOC4)cc3)sc2n1. The summed E-state index contributed by atoms with van der Waals surface area (Å²) in [5.41, 5.74) is 6.41. The number of carbonyl (C=O) groups excluding carboxylic acids is 1. The number of carbonyl (C=O) groups is 1. The van der Waals surface area contributed by atoms with Crippen LogP contribution in [0.3, 0.4) is 0 Å². The molecule has 2 saturated heterocycles. The number of sulfone groups is 1. The lowest BCUT2D eigenvalue weighted by Gasteiger charge is -2.18. The number of ether oxygens (including phenoxy) is 3. The van der Waals surface area contributed by atoms with Crippen molar-refractivity contribution in [3.8, 4) is 5.88 Å². The lowest BCUT2D eigenvalue weighted by molar-refractivity contribution is -0.110. The lowest BCUT2D eigenvalue weighted by Crippen LogP contribution is -2.38. The maximum atomic E-state index is 13.4. The highest BCUT2D eigenvalue weighted by Gasteiger charge is 2.31. The van der Waals surface area contributed by atoms with Gasteiger partial charge < -0.3 is 24.8 Å². The smallest absolute Gasteiger partial charge is 0.280 e. The quantitative estimate of drug-likeness (QED) is 0.265. The normalized spacial score (nSPS) is 20.1. The van der Waals surface area contributed by atoms with Crippen molar-refractivity contribution in [2.75, 3.05) is 38.4 Å². The molecule has 1 amide bonds. The van der Waals surface area contributed by atoms with E-state index in [0.29, 0.717) is 59.6 Å². The minimum atomic E-state index is -3.55. The van der Waals surface area contributed by atoms with Crippen LogP contribution in [0.15, 0.2) is 46.4 Å². The van der Waals surface area contributed by atoms with Crippen LogP contribution in [0.4, 0.5) is 5.13 Å². The van der Waals surface area contributed by atoms with E-state index in [1.807, 2.05) is 13.8 Å². The molecular weight excluding hydrogens is 558 g/mol. The van der Waals surface area contributed by atoms with Gasteiger partial charge in [0.1, 0.15) is 17.0 Å². The Morgan fingerprint density at radius 3 is 2.55 bits per heavy atom. The fourth-order valence-corrected chi connectivity index (χ4v) is 6.46. The lowest BCUT2D eigenvalue weighted by atomic mass is 10.1. The predicted molar refractivity (Wildman–Crippen MR) is 150 cm³/mol. The molecule has 2 fully saturated rings. The van der Waals surface area contributed by atoms with E-state index in [1.165, 1.54) is 35.6 Å². The third-order valence-electron chi connectivity index (χ3n) is 6.22. The molecule has 3 N–H and O–H groups in total. The maximum Gasteiger partial charge on any atom is 0.280 e. The first kappa shape index (κ1) is 28.4. The van der Waals surface area contributed by atoms with Crippen molar-refractivity contribution >= 4 is 48.3 Å². The van der Waals surface area contributed by atoms with Crippen molar-refractivity contribution in [3.63, 3.8) is 0 Å². The highest BCUT2D eigenvalue weighted by Crippen LogP contribution is 2.27. The van der Waals surface area contributed by atoms with Crippen LogP contribution >= 0.6 is 11.3 Å². The van der Waals surface area contributed by atoms with Crippen molar-refractivity contribution in [2.45, 2.75) is 48.5 Å². The zero-order valence-electron chi connectivity index (χ0n) is 22.2. The average Bonchev–Trinajstić information content (AvgIpc) is 3.69. The fourth-order valence-electron chi connectivity index (χ4n) is 4.05. The van der Waals surface area contributed by atoms with Gasteiger partial charge in [0.05, 0.1) is 30.0 Å². The molecule has 40 heavy (non-hydrogen) atoms. The number of amides is 1. The van der Waals surface area contributed by atoms with Gasteiger partial charge in [0.25, 0.3) is 5.91 Å². The minimum Gasteiger partial charge on any atom is -0.476 e. The number of thiazole rings is 1. The molecule has 0 unspecified atom stereocenters. The Balaban J connectivity index is 1.36. The van der Waals surface area contributed by atoms with E-state index < -0.39 is 26.5 Å². The van der Waals surface area contributed by atoms with Gasteiger partial charge in [0.2, 0.25) is 5.88 Å². The molecule has 4 heterocycles.